The monoisotopic (exact) mass is 242 g/mol. The molecule has 2 heteroatoms. The summed E-state index contributed by atoms with van der Waals surface area (Å²) in [5.41, 5.74) is 3.02. The molecule has 0 rings (SSSR count). The van der Waals surface area contributed by atoms with Gasteiger partial charge in [-0.1, -0.05) is 78.6 Å². The molecule has 0 aromatic rings. The van der Waals surface area contributed by atoms with E-state index in [0.717, 1.165) is 5.92 Å². The third-order valence-corrected chi connectivity index (χ3v) is 3.95. The Balaban J connectivity index is 3.49. The maximum absolute atomic E-state index is 5.66. The Morgan fingerprint density at radius 2 is 1.35 bits per heavy atom. The van der Waals surface area contributed by atoms with E-state index in [1.165, 1.54) is 64.2 Å². The number of rotatable bonds is 12. The molecular formula is C15H34N2. The molecule has 0 amide bonds. The van der Waals surface area contributed by atoms with Gasteiger partial charge in [-0.25, -0.2) is 0 Å². The lowest BCUT2D eigenvalue weighted by Crippen LogP contribution is -2.40. The van der Waals surface area contributed by atoms with Crippen molar-refractivity contribution in [1.82, 2.24) is 5.43 Å². The molecule has 0 radical (unpaired) electrons. The fourth-order valence-electron chi connectivity index (χ4n) is 2.63. The number of unbranched alkanes of at least 4 members (excludes halogenated alkanes) is 6. The normalized spacial score (nSPS) is 13.2. The number of hydrazine groups is 1. The minimum atomic E-state index is 0.528. The molecular weight excluding hydrogens is 208 g/mol. The van der Waals surface area contributed by atoms with Crippen LogP contribution >= 0.6 is 0 Å². The number of hydrogen-bond acceptors (Lipinski definition) is 2. The van der Waals surface area contributed by atoms with Gasteiger partial charge in [-0.05, 0) is 12.3 Å². The van der Waals surface area contributed by atoms with E-state index in [1.54, 1.807) is 0 Å². The van der Waals surface area contributed by atoms with Gasteiger partial charge < -0.3 is 0 Å². The Hall–Kier alpha value is -0.0800. The SMILES string of the molecule is CCCCCCCCCC(NN)C(CC)CC. The van der Waals surface area contributed by atoms with Crippen LogP contribution in [0.4, 0.5) is 0 Å². The highest BCUT2D eigenvalue weighted by molar-refractivity contribution is 4.72. The van der Waals surface area contributed by atoms with Gasteiger partial charge in [0.1, 0.15) is 0 Å². The first-order valence-electron chi connectivity index (χ1n) is 7.76. The second-order valence-corrected chi connectivity index (χ2v) is 5.26. The molecule has 0 saturated heterocycles. The van der Waals surface area contributed by atoms with Crippen LogP contribution in [-0.4, -0.2) is 6.04 Å². The second kappa shape index (κ2) is 12.4. The van der Waals surface area contributed by atoms with Gasteiger partial charge in [-0.15, -0.1) is 0 Å². The molecule has 0 aliphatic heterocycles. The molecule has 0 aliphatic carbocycles. The largest absolute Gasteiger partial charge is 0.271 e. The molecule has 1 atom stereocenters. The molecule has 0 fully saturated rings. The zero-order valence-corrected chi connectivity index (χ0v) is 12.3. The molecule has 0 spiro atoms. The smallest absolute Gasteiger partial charge is 0.0238 e. The lowest BCUT2D eigenvalue weighted by Gasteiger charge is -2.24. The predicted octanol–water partition coefficient (Wildman–Crippen LogP) is 4.40. The van der Waals surface area contributed by atoms with E-state index in [2.05, 4.69) is 26.2 Å². The topological polar surface area (TPSA) is 38.0 Å². The fraction of sp³-hybridized carbons (Fsp3) is 1.00. The minimum absolute atomic E-state index is 0.528. The van der Waals surface area contributed by atoms with Crippen LogP contribution in [0.25, 0.3) is 0 Å². The second-order valence-electron chi connectivity index (χ2n) is 5.26. The average Bonchev–Trinajstić information content (AvgIpc) is 2.36. The summed E-state index contributed by atoms with van der Waals surface area (Å²) in [7, 11) is 0. The molecule has 0 saturated carbocycles. The van der Waals surface area contributed by atoms with Gasteiger partial charge in [0.2, 0.25) is 0 Å². The molecule has 0 heterocycles. The number of hydrogen-bond donors (Lipinski definition) is 2. The lowest BCUT2D eigenvalue weighted by molar-refractivity contribution is 0.312. The summed E-state index contributed by atoms with van der Waals surface area (Å²) >= 11 is 0. The summed E-state index contributed by atoms with van der Waals surface area (Å²) in [4.78, 5) is 0. The van der Waals surface area contributed by atoms with E-state index in [0.29, 0.717) is 6.04 Å². The van der Waals surface area contributed by atoms with Crippen molar-refractivity contribution in [2.45, 2.75) is 91.0 Å². The van der Waals surface area contributed by atoms with Gasteiger partial charge in [0.25, 0.3) is 0 Å². The number of nitrogens with one attached hydrogen (secondary N) is 1. The zero-order valence-electron chi connectivity index (χ0n) is 12.3. The maximum atomic E-state index is 5.66. The summed E-state index contributed by atoms with van der Waals surface area (Å²) in [6, 6.07) is 0.528. The molecule has 104 valence electrons. The molecule has 2 nitrogen and oxygen atoms in total. The maximum Gasteiger partial charge on any atom is 0.0238 e. The van der Waals surface area contributed by atoms with E-state index in [1.807, 2.05) is 0 Å². The average molecular weight is 242 g/mol. The Morgan fingerprint density at radius 1 is 0.824 bits per heavy atom. The van der Waals surface area contributed by atoms with Crippen molar-refractivity contribution in [2.75, 3.05) is 0 Å². The predicted molar refractivity (Wildman–Crippen MR) is 77.8 cm³/mol. The van der Waals surface area contributed by atoms with E-state index >= 15 is 0 Å². The highest BCUT2D eigenvalue weighted by Gasteiger charge is 2.15. The Labute approximate surface area is 109 Å². The quantitative estimate of drug-likeness (QED) is 0.302. The van der Waals surface area contributed by atoms with Crippen molar-refractivity contribution < 1.29 is 0 Å². The molecule has 0 aromatic heterocycles. The minimum Gasteiger partial charge on any atom is -0.271 e. The van der Waals surface area contributed by atoms with Crippen LogP contribution in [0.1, 0.15) is 85.0 Å². The Morgan fingerprint density at radius 3 is 1.82 bits per heavy atom. The van der Waals surface area contributed by atoms with Gasteiger partial charge in [-0.3, -0.25) is 11.3 Å². The van der Waals surface area contributed by atoms with Gasteiger partial charge in [0, 0.05) is 6.04 Å². The highest BCUT2D eigenvalue weighted by atomic mass is 15.2. The van der Waals surface area contributed by atoms with Crippen LogP contribution in [0, 0.1) is 5.92 Å². The summed E-state index contributed by atoms with van der Waals surface area (Å²) < 4.78 is 0. The van der Waals surface area contributed by atoms with Gasteiger partial charge in [-0.2, -0.15) is 0 Å². The van der Waals surface area contributed by atoms with Crippen molar-refractivity contribution in [1.29, 1.82) is 0 Å². The molecule has 0 bridgehead atoms. The van der Waals surface area contributed by atoms with Crippen molar-refractivity contribution in [3.05, 3.63) is 0 Å². The highest BCUT2D eigenvalue weighted by Crippen LogP contribution is 2.18. The van der Waals surface area contributed by atoms with E-state index in [-0.39, 0.29) is 0 Å². The van der Waals surface area contributed by atoms with Crippen LogP contribution < -0.4 is 11.3 Å². The third kappa shape index (κ3) is 8.62. The molecule has 1 unspecified atom stereocenters. The zero-order chi connectivity index (χ0) is 12.9. The van der Waals surface area contributed by atoms with E-state index in [9.17, 15) is 0 Å². The first-order chi connectivity index (χ1) is 8.29. The van der Waals surface area contributed by atoms with Crippen LogP contribution in [0.3, 0.4) is 0 Å². The molecule has 0 aliphatic rings. The Kier molecular flexibility index (Phi) is 12.3. The van der Waals surface area contributed by atoms with Crippen molar-refractivity contribution >= 4 is 0 Å². The van der Waals surface area contributed by atoms with Crippen LogP contribution in [0.2, 0.25) is 0 Å². The fourth-order valence-corrected chi connectivity index (χ4v) is 2.63. The van der Waals surface area contributed by atoms with Gasteiger partial charge in [0.15, 0.2) is 0 Å². The summed E-state index contributed by atoms with van der Waals surface area (Å²) in [6.45, 7) is 6.81. The lowest BCUT2D eigenvalue weighted by atomic mass is 9.90. The van der Waals surface area contributed by atoms with Crippen molar-refractivity contribution in [2.24, 2.45) is 11.8 Å². The summed E-state index contributed by atoms with van der Waals surface area (Å²) in [5, 5.41) is 0. The van der Waals surface area contributed by atoms with Crippen molar-refractivity contribution in [3.63, 3.8) is 0 Å². The summed E-state index contributed by atoms with van der Waals surface area (Å²) in [5.74, 6) is 6.41. The summed E-state index contributed by atoms with van der Waals surface area (Å²) in [6.07, 6.45) is 13.4. The van der Waals surface area contributed by atoms with Gasteiger partial charge >= 0.3 is 0 Å². The van der Waals surface area contributed by atoms with Gasteiger partial charge in [0.05, 0.1) is 0 Å². The van der Waals surface area contributed by atoms with E-state index < -0.39 is 0 Å². The van der Waals surface area contributed by atoms with Crippen LogP contribution in [0.5, 0.6) is 0 Å². The third-order valence-electron chi connectivity index (χ3n) is 3.95. The first-order valence-corrected chi connectivity index (χ1v) is 7.76. The first kappa shape index (κ1) is 16.9. The molecule has 3 N–H and O–H groups in total. The molecule has 0 aromatic carbocycles. The number of nitrogens with two attached hydrogens (primary N) is 1. The van der Waals surface area contributed by atoms with Crippen LogP contribution in [-0.2, 0) is 0 Å². The van der Waals surface area contributed by atoms with Crippen LogP contribution in [0.15, 0.2) is 0 Å². The standard InChI is InChI=1S/C15H34N2/c1-4-7-8-9-10-11-12-13-15(17-16)14(5-2)6-3/h14-15,17H,4-13,16H2,1-3H3. The molecule has 17 heavy (non-hydrogen) atoms. The van der Waals surface area contributed by atoms with Crippen molar-refractivity contribution in [3.8, 4) is 0 Å². The Bertz CT molecular complexity index is 144. The van der Waals surface area contributed by atoms with E-state index in [4.69, 9.17) is 5.84 Å².